The van der Waals surface area contributed by atoms with Crippen LogP contribution >= 0.6 is 0 Å². The molecule has 1 saturated heterocycles. The summed E-state index contributed by atoms with van der Waals surface area (Å²) in [5.74, 6) is -2.64. The van der Waals surface area contributed by atoms with E-state index < -0.39 is 61.1 Å². The Hall–Kier alpha value is -4.87. The van der Waals surface area contributed by atoms with E-state index in [0.29, 0.717) is 19.3 Å². The van der Waals surface area contributed by atoms with E-state index in [-0.39, 0.29) is 23.3 Å². The first-order valence-corrected chi connectivity index (χ1v) is 14.6. The van der Waals surface area contributed by atoms with Gasteiger partial charge in [0.25, 0.3) is 0 Å². The van der Waals surface area contributed by atoms with Crippen LogP contribution in [0.1, 0.15) is 57.3 Å². The molecule has 1 fully saturated rings. The highest BCUT2D eigenvalue weighted by Crippen LogP contribution is 2.29. The van der Waals surface area contributed by atoms with Gasteiger partial charge in [0, 0.05) is 20.0 Å². The summed E-state index contributed by atoms with van der Waals surface area (Å²) < 4.78 is 29.6. The van der Waals surface area contributed by atoms with Gasteiger partial charge in [-0.25, -0.2) is 14.4 Å². The molecule has 0 bridgehead atoms. The maximum Gasteiger partial charge on any atom is 0.338 e. The molecule has 11 nitrogen and oxygen atoms in total. The van der Waals surface area contributed by atoms with Crippen molar-refractivity contribution < 1.29 is 47.7 Å². The summed E-state index contributed by atoms with van der Waals surface area (Å²) in [5, 5.41) is 2.72. The van der Waals surface area contributed by atoms with Gasteiger partial charge in [-0.2, -0.15) is 0 Å². The molecule has 11 heteroatoms. The standard InChI is InChI=1S/C34H35NO10/c1-23(37)35-28-30(45-33(40)26-18-10-4-11-19-26)29(44-32(39)25-16-8-3-9-17-25)27(43-34(28)41-21-13-5-12-20-36)22-42-31(38)24-14-6-2-7-15-24/h2-4,6-11,14-20,27-30,34H,5,12-13,21-22H2,1H3,(H,35,37)/t27?,28?,29-,30?,34+/m0/s1. The van der Waals surface area contributed by atoms with Gasteiger partial charge in [0.2, 0.25) is 5.91 Å². The second-order valence-corrected chi connectivity index (χ2v) is 10.2. The SMILES string of the molecule is CC(=O)NC1C(OC(=O)c2ccccc2)[C@@H](OC(=O)c2ccccc2)C(COC(=O)c2ccccc2)O[C@H]1OCCCCC=O. The van der Waals surface area contributed by atoms with Crippen molar-refractivity contribution in [3.05, 3.63) is 108 Å². The minimum atomic E-state index is -1.35. The van der Waals surface area contributed by atoms with E-state index in [1.54, 1.807) is 91.0 Å². The zero-order valence-corrected chi connectivity index (χ0v) is 24.7. The van der Waals surface area contributed by atoms with Crippen molar-refractivity contribution in [2.75, 3.05) is 13.2 Å². The monoisotopic (exact) mass is 617 g/mol. The van der Waals surface area contributed by atoms with Crippen LogP contribution in [0.25, 0.3) is 0 Å². The number of carbonyl (C=O) groups excluding carboxylic acids is 5. The molecule has 4 rings (SSSR count). The molecule has 1 aliphatic heterocycles. The first kappa shape index (κ1) is 33.0. The third-order valence-electron chi connectivity index (χ3n) is 6.91. The van der Waals surface area contributed by atoms with E-state index in [4.69, 9.17) is 23.7 Å². The molecular weight excluding hydrogens is 582 g/mol. The van der Waals surface area contributed by atoms with Gasteiger partial charge in [-0.15, -0.1) is 0 Å². The Bertz CT molecular complexity index is 1420. The summed E-state index contributed by atoms with van der Waals surface area (Å²) in [6, 6.07) is 23.5. The fourth-order valence-electron chi connectivity index (χ4n) is 4.73. The van der Waals surface area contributed by atoms with Crippen LogP contribution in [-0.4, -0.2) is 74.0 Å². The van der Waals surface area contributed by atoms with Crippen LogP contribution in [0.3, 0.4) is 0 Å². The molecule has 1 amide bonds. The maximum absolute atomic E-state index is 13.4. The molecule has 1 heterocycles. The van der Waals surface area contributed by atoms with E-state index in [9.17, 15) is 24.0 Å². The average Bonchev–Trinajstić information content (AvgIpc) is 3.06. The number of nitrogens with one attached hydrogen (secondary N) is 1. The molecule has 1 N–H and O–H groups in total. The Kier molecular flexibility index (Phi) is 12.4. The lowest BCUT2D eigenvalue weighted by Crippen LogP contribution is -2.66. The minimum Gasteiger partial charge on any atom is -0.459 e. The molecule has 0 spiro atoms. The predicted molar refractivity (Wildman–Crippen MR) is 160 cm³/mol. The van der Waals surface area contributed by atoms with Crippen LogP contribution in [0.15, 0.2) is 91.0 Å². The summed E-state index contributed by atoms with van der Waals surface area (Å²) in [7, 11) is 0. The Labute approximate surface area is 260 Å². The summed E-state index contributed by atoms with van der Waals surface area (Å²) in [6.45, 7) is 1.01. The van der Waals surface area contributed by atoms with E-state index in [2.05, 4.69) is 5.32 Å². The molecule has 3 unspecified atom stereocenters. The Morgan fingerprint density at radius 2 is 1.24 bits per heavy atom. The maximum atomic E-state index is 13.4. The summed E-state index contributed by atoms with van der Waals surface area (Å²) in [5.41, 5.74) is 0.727. The quantitative estimate of drug-likeness (QED) is 0.122. The van der Waals surface area contributed by atoms with Crippen molar-refractivity contribution in [3.63, 3.8) is 0 Å². The van der Waals surface area contributed by atoms with E-state index >= 15 is 0 Å². The number of aldehydes is 1. The molecule has 0 aliphatic carbocycles. The summed E-state index contributed by atoms with van der Waals surface area (Å²) in [4.78, 5) is 62.7. The number of ether oxygens (including phenoxy) is 5. The third kappa shape index (κ3) is 9.56. The van der Waals surface area contributed by atoms with Crippen molar-refractivity contribution in [2.24, 2.45) is 0 Å². The first-order chi connectivity index (χ1) is 21.9. The Morgan fingerprint density at radius 1 is 0.733 bits per heavy atom. The van der Waals surface area contributed by atoms with Crippen LogP contribution < -0.4 is 5.32 Å². The number of unbranched alkanes of at least 4 members (excludes halogenated alkanes) is 2. The van der Waals surface area contributed by atoms with E-state index in [1.165, 1.54) is 6.92 Å². The van der Waals surface area contributed by atoms with Gasteiger partial charge in [-0.3, -0.25) is 4.79 Å². The lowest BCUT2D eigenvalue weighted by Gasteiger charge is -2.45. The third-order valence-corrected chi connectivity index (χ3v) is 6.91. The highest BCUT2D eigenvalue weighted by atomic mass is 16.7. The largest absolute Gasteiger partial charge is 0.459 e. The van der Waals surface area contributed by atoms with Gasteiger partial charge < -0.3 is 33.8 Å². The fraction of sp³-hybridized carbons (Fsp3) is 0.324. The number of rotatable bonds is 14. The Balaban J connectivity index is 1.68. The molecule has 3 aromatic carbocycles. The highest BCUT2D eigenvalue weighted by Gasteiger charge is 2.52. The lowest BCUT2D eigenvalue weighted by molar-refractivity contribution is -0.269. The van der Waals surface area contributed by atoms with Crippen LogP contribution in [0, 0.1) is 0 Å². The number of amides is 1. The second kappa shape index (κ2) is 16.8. The van der Waals surface area contributed by atoms with Crippen molar-refractivity contribution >= 4 is 30.1 Å². The van der Waals surface area contributed by atoms with Gasteiger partial charge in [-0.05, 0) is 49.2 Å². The molecular formula is C34H35NO10. The van der Waals surface area contributed by atoms with Gasteiger partial charge in [0.15, 0.2) is 18.5 Å². The highest BCUT2D eigenvalue weighted by molar-refractivity contribution is 5.91. The fourth-order valence-corrected chi connectivity index (χ4v) is 4.73. The normalized spacial score (nSPS) is 20.8. The summed E-state index contributed by atoms with van der Waals surface area (Å²) >= 11 is 0. The van der Waals surface area contributed by atoms with Crippen molar-refractivity contribution in [3.8, 4) is 0 Å². The molecule has 236 valence electrons. The molecule has 3 aromatic rings. The van der Waals surface area contributed by atoms with Crippen molar-refractivity contribution in [1.29, 1.82) is 0 Å². The number of hydrogen-bond donors (Lipinski definition) is 1. The summed E-state index contributed by atoms with van der Waals surface area (Å²) in [6.07, 6.45) is -2.85. The number of benzene rings is 3. The van der Waals surface area contributed by atoms with Crippen LogP contribution in [0.5, 0.6) is 0 Å². The smallest absolute Gasteiger partial charge is 0.338 e. The molecule has 1 aliphatic rings. The van der Waals surface area contributed by atoms with Crippen LogP contribution in [0.2, 0.25) is 0 Å². The van der Waals surface area contributed by atoms with Gasteiger partial charge in [-0.1, -0.05) is 54.6 Å². The Morgan fingerprint density at radius 3 is 1.76 bits per heavy atom. The minimum absolute atomic E-state index is 0.138. The molecule has 5 atom stereocenters. The van der Waals surface area contributed by atoms with E-state index in [1.807, 2.05) is 0 Å². The first-order valence-electron chi connectivity index (χ1n) is 14.6. The van der Waals surface area contributed by atoms with Crippen LogP contribution in [-0.2, 0) is 33.3 Å². The number of carbonyl (C=O) groups is 5. The average molecular weight is 618 g/mol. The topological polar surface area (TPSA) is 144 Å². The molecule has 0 aromatic heterocycles. The predicted octanol–water partition coefficient (Wildman–Crippen LogP) is 3.91. The number of hydrogen-bond acceptors (Lipinski definition) is 10. The van der Waals surface area contributed by atoms with Gasteiger partial charge in [0.1, 0.15) is 25.0 Å². The number of esters is 3. The molecule has 45 heavy (non-hydrogen) atoms. The molecule has 0 radical (unpaired) electrons. The molecule has 0 saturated carbocycles. The van der Waals surface area contributed by atoms with Gasteiger partial charge in [0.05, 0.1) is 16.7 Å². The lowest BCUT2D eigenvalue weighted by atomic mass is 9.95. The van der Waals surface area contributed by atoms with Crippen molar-refractivity contribution in [1.82, 2.24) is 5.32 Å². The van der Waals surface area contributed by atoms with E-state index in [0.717, 1.165) is 6.29 Å². The van der Waals surface area contributed by atoms with Gasteiger partial charge >= 0.3 is 17.9 Å². The zero-order chi connectivity index (χ0) is 32.0. The van der Waals surface area contributed by atoms with Crippen LogP contribution in [0.4, 0.5) is 0 Å². The van der Waals surface area contributed by atoms with Crippen molar-refractivity contribution in [2.45, 2.75) is 56.8 Å². The second-order valence-electron chi connectivity index (χ2n) is 10.2. The zero-order valence-electron chi connectivity index (χ0n) is 24.7.